The minimum absolute atomic E-state index is 0.153. The van der Waals surface area contributed by atoms with Crippen LogP contribution in [0.5, 0.6) is 5.75 Å². The van der Waals surface area contributed by atoms with Crippen LogP contribution in [0.1, 0.15) is 36.0 Å². The zero-order valence-electron chi connectivity index (χ0n) is 12.8. The van der Waals surface area contributed by atoms with E-state index in [4.69, 9.17) is 22.1 Å². The Kier molecular flexibility index (Phi) is 4.19. The highest BCUT2D eigenvalue weighted by Gasteiger charge is 2.44. The van der Waals surface area contributed by atoms with Crippen LogP contribution in [0, 0.1) is 0 Å². The van der Waals surface area contributed by atoms with Gasteiger partial charge < -0.3 is 15.8 Å². The van der Waals surface area contributed by atoms with Crippen LogP contribution >= 0.6 is 11.6 Å². The van der Waals surface area contributed by atoms with Gasteiger partial charge in [-0.05, 0) is 44.8 Å². The van der Waals surface area contributed by atoms with Crippen LogP contribution in [0.15, 0.2) is 12.1 Å². The SMILES string of the molecule is COc1cc(N)c(Cl)cc1C(=O)NCC12CCCN1CCC2. The molecule has 1 amide bonds. The summed E-state index contributed by atoms with van der Waals surface area (Å²) in [5.74, 6) is 0.290. The van der Waals surface area contributed by atoms with Crippen LogP contribution in [-0.2, 0) is 0 Å². The number of nitrogen functional groups attached to an aromatic ring is 1. The Bertz CT molecular complexity index is 581. The average molecular weight is 324 g/mol. The molecule has 6 heteroatoms. The van der Waals surface area contributed by atoms with Gasteiger partial charge in [0.25, 0.3) is 5.91 Å². The van der Waals surface area contributed by atoms with Crippen molar-refractivity contribution >= 4 is 23.2 Å². The second-order valence-electron chi connectivity index (χ2n) is 6.18. The second-order valence-corrected chi connectivity index (χ2v) is 6.58. The van der Waals surface area contributed by atoms with E-state index in [-0.39, 0.29) is 11.4 Å². The molecule has 0 spiro atoms. The molecule has 0 radical (unpaired) electrons. The lowest BCUT2D eigenvalue weighted by atomic mass is 9.94. The molecule has 0 aromatic heterocycles. The highest BCUT2D eigenvalue weighted by molar-refractivity contribution is 6.33. The van der Waals surface area contributed by atoms with Crippen molar-refractivity contribution in [3.8, 4) is 5.75 Å². The predicted octanol–water partition coefficient (Wildman–Crippen LogP) is 2.29. The predicted molar refractivity (Wildman–Crippen MR) is 87.5 cm³/mol. The summed E-state index contributed by atoms with van der Waals surface area (Å²) < 4.78 is 5.25. The first kappa shape index (κ1) is 15.4. The summed E-state index contributed by atoms with van der Waals surface area (Å²) in [5.41, 5.74) is 6.75. The Labute approximate surface area is 135 Å². The summed E-state index contributed by atoms with van der Waals surface area (Å²) >= 11 is 6.03. The lowest BCUT2D eigenvalue weighted by Crippen LogP contribution is -2.48. The average Bonchev–Trinajstić information content (AvgIpc) is 3.07. The van der Waals surface area contributed by atoms with Crippen molar-refractivity contribution in [2.75, 3.05) is 32.5 Å². The number of fused-ring (bicyclic) bond motifs is 1. The molecule has 1 aromatic rings. The molecule has 0 bridgehead atoms. The molecule has 0 saturated carbocycles. The number of nitrogens with two attached hydrogens (primary N) is 1. The number of amides is 1. The van der Waals surface area contributed by atoms with Gasteiger partial charge >= 0.3 is 0 Å². The van der Waals surface area contributed by atoms with Crippen molar-refractivity contribution in [3.63, 3.8) is 0 Å². The molecule has 120 valence electrons. The number of nitrogens with zero attached hydrogens (tertiary/aromatic N) is 1. The van der Waals surface area contributed by atoms with Gasteiger partial charge in [0, 0.05) is 18.2 Å². The van der Waals surface area contributed by atoms with E-state index < -0.39 is 0 Å². The molecule has 2 aliphatic rings. The zero-order chi connectivity index (χ0) is 15.7. The fraction of sp³-hybridized carbons (Fsp3) is 0.562. The molecule has 22 heavy (non-hydrogen) atoms. The van der Waals surface area contributed by atoms with E-state index in [1.807, 2.05) is 0 Å². The normalized spacial score (nSPS) is 19.9. The van der Waals surface area contributed by atoms with E-state index in [0.29, 0.717) is 28.6 Å². The topological polar surface area (TPSA) is 67.6 Å². The van der Waals surface area contributed by atoms with Gasteiger partial charge in [-0.25, -0.2) is 0 Å². The monoisotopic (exact) mass is 323 g/mol. The molecule has 0 unspecified atom stereocenters. The van der Waals surface area contributed by atoms with Gasteiger partial charge in [-0.2, -0.15) is 0 Å². The van der Waals surface area contributed by atoms with E-state index in [9.17, 15) is 4.79 Å². The van der Waals surface area contributed by atoms with Crippen LogP contribution in [0.2, 0.25) is 5.02 Å². The van der Waals surface area contributed by atoms with Gasteiger partial charge in [0.1, 0.15) is 5.75 Å². The number of nitrogens with one attached hydrogen (secondary N) is 1. The number of ether oxygens (including phenoxy) is 1. The summed E-state index contributed by atoms with van der Waals surface area (Å²) in [6.07, 6.45) is 4.75. The molecule has 2 heterocycles. The Morgan fingerprint density at radius 1 is 1.41 bits per heavy atom. The number of halogens is 1. The van der Waals surface area contributed by atoms with Gasteiger partial charge in [0.2, 0.25) is 0 Å². The van der Waals surface area contributed by atoms with Crippen LogP contribution in [0.25, 0.3) is 0 Å². The molecule has 3 rings (SSSR count). The van der Waals surface area contributed by atoms with Crippen molar-refractivity contribution in [1.82, 2.24) is 10.2 Å². The van der Waals surface area contributed by atoms with Crippen LogP contribution < -0.4 is 15.8 Å². The molecule has 1 aromatic carbocycles. The first-order valence-corrected chi connectivity index (χ1v) is 8.10. The maximum absolute atomic E-state index is 12.5. The Morgan fingerprint density at radius 2 is 2.09 bits per heavy atom. The molecular weight excluding hydrogens is 302 g/mol. The van der Waals surface area contributed by atoms with Crippen LogP contribution in [-0.4, -0.2) is 43.1 Å². The number of methoxy groups -OCH3 is 1. The fourth-order valence-corrected chi connectivity index (χ4v) is 3.93. The van der Waals surface area contributed by atoms with Crippen LogP contribution in [0.3, 0.4) is 0 Å². The minimum atomic E-state index is -0.160. The van der Waals surface area contributed by atoms with E-state index in [1.54, 1.807) is 12.1 Å². The minimum Gasteiger partial charge on any atom is -0.496 e. The standard InChI is InChI=1S/C16H22ClN3O2/c1-22-14-9-13(18)12(17)8-11(14)15(21)19-10-16-4-2-6-20(16)7-3-5-16/h8-9H,2-7,10,18H2,1H3,(H,19,21). The highest BCUT2D eigenvalue weighted by Crippen LogP contribution is 2.38. The quantitative estimate of drug-likeness (QED) is 0.834. The summed E-state index contributed by atoms with van der Waals surface area (Å²) in [5, 5.41) is 3.43. The third-order valence-corrected chi connectivity index (χ3v) is 5.28. The fourth-order valence-electron chi connectivity index (χ4n) is 3.77. The number of carbonyl (C=O) groups is 1. The molecular formula is C16H22ClN3O2. The van der Waals surface area contributed by atoms with E-state index in [2.05, 4.69) is 10.2 Å². The Balaban J connectivity index is 1.74. The van der Waals surface area contributed by atoms with Crippen molar-refractivity contribution in [2.45, 2.75) is 31.2 Å². The van der Waals surface area contributed by atoms with Crippen molar-refractivity contribution in [2.24, 2.45) is 0 Å². The van der Waals surface area contributed by atoms with E-state index >= 15 is 0 Å². The van der Waals surface area contributed by atoms with Crippen molar-refractivity contribution in [3.05, 3.63) is 22.7 Å². The maximum Gasteiger partial charge on any atom is 0.255 e. The number of hydrogen-bond acceptors (Lipinski definition) is 4. The largest absolute Gasteiger partial charge is 0.496 e. The Morgan fingerprint density at radius 3 is 2.73 bits per heavy atom. The summed E-state index contributed by atoms with van der Waals surface area (Å²) in [7, 11) is 1.52. The molecule has 0 atom stereocenters. The summed E-state index contributed by atoms with van der Waals surface area (Å²) in [6.45, 7) is 2.97. The van der Waals surface area contributed by atoms with Gasteiger partial charge in [0.15, 0.2) is 0 Å². The lowest BCUT2D eigenvalue weighted by molar-refractivity contribution is 0.0916. The van der Waals surface area contributed by atoms with Crippen molar-refractivity contribution in [1.29, 1.82) is 0 Å². The smallest absolute Gasteiger partial charge is 0.255 e. The van der Waals surface area contributed by atoms with Gasteiger partial charge in [-0.1, -0.05) is 11.6 Å². The lowest BCUT2D eigenvalue weighted by Gasteiger charge is -2.32. The molecule has 5 nitrogen and oxygen atoms in total. The first-order valence-electron chi connectivity index (χ1n) is 7.72. The molecule has 0 aliphatic carbocycles. The summed E-state index contributed by atoms with van der Waals surface area (Å²) in [4.78, 5) is 15.0. The second kappa shape index (κ2) is 5.97. The van der Waals surface area contributed by atoms with Crippen LogP contribution in [0.4, 0.5) is 5.69 Å². The number of anilines is 1. The maximum atomic E-state index is 12.5. The first-order chi connectivity index (χ1) is 10.6. The third kappa shape index (κ3) is 2.63. The number of benzene rings is 1. The molecule has 2 saturated heterocycles. The van der Waals surface area contributed by atoms with E-state index in [0.717, 1.165) is 25.9 Å². The molecule has 3 N–H and O–H groups in total. The number of rotatable bonds is 4. The van der Waals surface area contributed by atoms with Gasteiger partial charge in [0.05, 0.1) is 23.4 Å². The highest BCUT2D eigenvalue weighted by atomic mass is 35.5. The zero-order valence-corrected chi connectivity index (χ0v) is 13.6. The van der Waals surface area contributed by atoms with E-state index in [1.165, 1.54) is 20.0 Å². The third-order valence-electron chi connectivity index (χ3n) is 4.95. The molecule has 2 fully saturated rings. The number of hydrogen-bond donors (Lipinski definition) is 2. The molecule has 2 aliphatic heterocycles. The summed E-state index contributed by atoms with van der Waals surface area (Å²) in [6, 6.07) is 3.16. The van der Waals surface area contributed by atoms with Gasteiger partial charge in [-0.3, -0.25) is 9.69 Å². The number of carbonyl (C=O) groups excluding carboxylic acids is 1. The Hall–Kier alpha value is -1.46. The van der Waals surface area contributed by atoms with Gasteiger partial charge in [-0.15, -0.1) is 0 Å². The van der Waals surface area contributed by atoms with Crippen molar-refractivity contribution < 1.29 is 9.53 Å².